The largest absolute Gasteiger partial charge is 0.503 e. The second kappa shape index (κ2) is 9.92. The molecule has 1 aromatic heterocycles. The molecule has 1 atom stereocenters. The number of carbonyl (C=O) groups is 2. The van der Waals surface area contributed by atoms with Gasteiger partial charge in [-0.15, -0.1) is 0 Å². The number of benzene rings is 2. The number of anilines is 1. The maximum Gasteiger partial charge on any atom is 0.294 e. The number of ketones is 1. The molecule has 2 heterocycles. The van der Waals surface area contributed by atoms with Crippen LogP contribution in [-0.4, -0.2) is 39.8 Å². The molecule has 0 saturated carbocycles. The van der Waals surface area contributed by atoms with E-state index >= 15 is 0 Å². The van der Waals surface area contributed by atoms with E-state index in [4.69, 9.17) is 14.7 Å². The van der Waals surface area contributed by atoms with Gasteiger partial charge >= 0.3 is 0 Å². The summed E-state index contributed by atoms with van der Waals surface area (Å²) in [5, 5.41) is 22.1. The fraction of sp³-hybridized carbons (Fsp3) is 0.269. The number of hydrogen-bond donors (Lipinski definition) is 2. The number of aryl methyl sites for hydroxylation is 1. The molecule has 0 fully saturated rings. The van der Waals surface area contributed by atoms with Gasteiger partial charge in [-0.3, -0.25) is 14.5 Å². The van der Waals surface area contributed by atoms with Crippen molar-refractivity contribution < 1.29 is 24.0 Å². The Morgan fingerprint density at radius 1 is 1.23 bits per heavy atom. The van der Waals surface area contributed by atoms with Crippen molar-refractivity contribution in [2.75, 3.05) is 11.5 Å². The maximum absolute atomic E-state index is 13.3. The van der Waals surface area contributed by atoms with Crippen LogP contribution in [0.25, 0.3) is 11.4 Å². The van der Waals surface area contributed by atoms with Gasteiger partial charge in [-0.05, 0) is 36.2 Å². The monoisotopic (exact) mass is 474 g/mol. The van der Waals surface area contributed by atoms with Crippen molar-refractivity contribution in [1.82, 2.24) is 10.1 Å². The van der Waals surface area contributed by atoms with Crippen molar-refractivity contribution in [3.05, 3.63) is 71.3 Å². The van der Waals surface area contributed by atoms with Crippen LogP contribution in [0.15, 0.2) is 64.4 Å². The van der Waals surface area contributed by atoms with Crippen molar-refractivity contribution in [2.45, 2.75) is 33.2 Å². The Morgan fingerprint density at radius 3 is 2.57 bits per heavy atom. The molecule has 9 nitrogen and oxygen atoms in total. The van der Waals surface area contributed by atoms with E-state index in [9.17, 15) is 14.7 Å². The number of Topliss-reactive ketones (excluding diaryl/α,β-unsaturated/α-hetero) is 1. The van der Waals surface area contributed by atoms with Crippen molar-refractivity contribution in [1.29, 1.82) is 5.41 Å². The number of nitrogens with one attached hydrogen (secondary N) is 1. The fourth-order valence-electron chi connectivity index (χ4n) is 4.09. The van der Waals surface area contributed by atoms with Gasteiger partial charge in [0.25, 0.3) is 5.91 Å². The standard InChI is InChI=1S/C26H26N4O5/c1-15(2)14-20(31)22-23(19-6-4-5-7-21(19)34-13-12-27)30(26(33)24(22)32)18-10-8-17(9-11-18)25-28-16(3)35-29-25/h4-12,15,23,27,32H,13-14H2,1-3H3. The molecule has 9 heteroatoms. The second-order valence-electron chi connectivity index (χ2n) is 8.60. The summed E-state index contributed by atoms with van der Waals surface area (Å²) in [4.78, 5) is 32.2. The van der Waals surface area contributed by atoms with E-state index in [-0.39, 0.29) is 30.3 Å². The van der Waals surface area contributed by atoms with Gasteiger partial charge in [0.05, 0.1) is 11.6 Å². The number of rotatable bonds is 9. The molecule has 3 aromatic rings. The Morgan fingerprint density at radius 2 is 1.94 bits per heavy atom. The third kappa shape index (κ3) is 4.70. The van der Waals surface area contributed by atoms with Crippen LogP contribution in [0.2, 0.25) is 0 Å². The molecule has 1 aliphatic rings. The average Bonchev–Trinajstić information content (AvgIpc) is 3.38. The van der Waals surface area contributed by atoms with Gasteiger partial charge in [0.1, 0.15) is 12.4 Å². The van der Waals surface area contributed by atoms with Crippen LogP contribution >= 0.6 is 0 Å². The third-order valence-electron chi connectivity index (χ3n) is 5.57. The quantitative estimate of drug-likeness (QED) is 0.434. The molecule has 180 valence electrons. The first-order chi connectivity index (χ1) is 16.8. The molecule has 4 rings (SSSR count). The lowest BCUT2D eigenvalue weighted by Gasteiger charge is -2.28. The van der Waals surface area contributed by atoms with Crippen molar-refractivity contribution in [2.24, 2.45) is 5.92 Å². The lowest BCUT2D eigenvalue weighted by Crippen LogP contribution is -2.31. The summed E-state index contributed by atoms with van der Waals surface area (Å²) in [5.41, 5.74) is 1.74. The van der Waals surface area contributed by atoms with E-state index in [1.54, 1.807) is 55.5 Å². The Hall–Kier alpha value is -4.27. The first-order valence-corrected chi connectivity index (χ1v) is 11.2. The summed E-state index contributed by atoms with van der Waals surface area (Å²) < 4.78 is 10.8. The van der Waals surface area contributed by atoms with Gasteiger partial charge in [0.2, 0.25) is 11.7 Å². The van der Waals surface area contributed by atoms with Gasteiger partial charge in [-0.2, -0.15) is 4.98 Å². The normalized spacial score (nSPS) is 15.7. The first-order valence-electron chi connectivity index (χ1n) is 11.2. The topological polar surface area (TPSA) is 130 Å². The second-order valence-corrected chi connectivity index (χ2v) is 8.60. The number of carbonyl (C=O) groups excluding carboxylic acids is 2. The van der Waals surface area contributed by atoms with Crippen LogP contribution in [0.4, 0.5) is 5.69 Å². The molecule has 35 heavy (non-hydrogen) atoms. The predicted molar refractivity (Wildman–Crippen MR) is 130 cm³/mol. The number of hydrogen-bond acceptors (Lipinski definition) is 8. The van der Waals surface area contributed by atoms with Gasteiger partial charge in [0, 0.05) is 36.4 Å². The first kappa shape index (κ1) is 23.9. The van der Waals surface area contributed by atoms with Gasteiger partial charge in [-0.1, -0.05) is 37.2 Å². The molecular formula is C26H26N4O5. The van der Waals surface area contributed by atoms with Gasteiger partial charge in [0.15, 0.2) is 11.5 Å². The molecule has 0 saturated heterocycles. The Balaban J connectivity index is 1.81. The minimum atomic E-state index is -0.894. The van der Waals surface area contributed by atoms with Gasteiger partial charge in [-0.25, -0.2) is 0 Å². The predicted octanol–water partition coefficient (Wildman–Crippen LogP) is 4.59. The highest BCUT2D eigenvalue weighted by atomic mass is 16.5. The molecule has 0 radical (unpaired) electrons. The summed E-state index contributed by atoms with van der Waals surface area (Å²) in [5.74, 6) is -0.246. The summed E-state index contributed by atoms with van der Waals surface area (Å²) in [6.07, 6.45) is 1.29. The molecule has 1 amide bonds. The summed E-state index contributed by atoms with van der Waals surface area (Å²) in [6.45, 7) is 5.53. The highest BCUT2D eigenvalue weighted by Gasteiger charge is 2.45. The molecule has 2 N–H and O–H groups in total. The number of para-hydroxylation sites is 1. The molecule has 2 aromatic carbocycles. The Bertz CT molecular complexity index is 1290. The van der Waals surface area contributed by atoms with E-state index in [2.05, 4.69) is 10.1 Å². The summed E-state index contributed by atoms with van der Waals surface area (Å²) in [7, 11) is 0. The summed E-state index contributed by atoms with van der Waals surface area (Å²) in [6, 6.07) is 13.0. The molecule has 0 spiro atoms. The smallest absolute Gasteiger partial charge is 0.294 e. The van der Waals surface area contributed by atoms with Crippen molar-refractivity contribution in [3.8, 4) is 17.1 Å². The number of amides is 1. The fourth-order valence-corrected chi connectivity index (χ4v) is 4.09. The van der Waals surface area contributed by atoms with Crippen molar-refractivity contribution >= 4 is 23.6 Å². The van der Waals surface area contributed by atoms with E-state index in [0.29, 0.717) is 34.3 Å². The average molecular weight is 475 g/mol. The van der Waals surface area contributed by atoms with Crippen LogP contribution in [0, 0.1) is 18.3 Å². The van der Waals surface area contributed by atoms with Crippen LogP contribution < -0.4 is 9.64 Å². The lowest BCUT2D eigenvalue weighted by atomic mass is 9.91. The molecule has 0 aliphatic carbocycles. The third-order valence-corrected chi connectivity index (χ3v) is 5.57. The van der Waals surface area contributed by atoms with Crippen LogP contribution in [0.1, 0.15) is 37.8 Å². The van der Waals surface area contributed by atoms with E-state index in [1.165, 1.54) is 4.90 Å². The zero-order chi connectivity index (χ0) is 25.1. The van der Waals surface area contributed by atoms with E-state index in [1.807, 2.05) is 13.8 Å². The maximum atomic E-state index is 13.3. The SMILES string of the molecule is Cc1nc(-c2ccc(N3C(=O)C(O)=C(C(=O)CC(C)C)C3c3ccccc3OCC=N)cc2)no1. The summed E-state index contributed by atoms with van der Waals surface area (Å²) >= 11 is 0. The molecule has 1 aliphatic heterocycles. The van der Waals surface area contributed by atoms with Crippen LogP contribution in [0.5, 0.6) is 5.75 Å². The number of aliphatic hydroxyl groups is 1. The van der Waals surface area contributed by atoms with E-state index in [0.717, 1.165) is 6.21 Å². The molecule has 0 bridgehead atoms. The minimum Gasteiger partial charge on any atom is -0.503 e. The number of ether oxygens (including phenoxy) is 1. The number of aromatic nitrogens is 2. The molecule has 1 unspecified atom stereocenters. The van der Waals surface area contributed by atoms with Crippen molar-refractivity contribution in [3.63, 3.8) is 0 Å². The van der Waals surface area contributed by atoms with Crippen LogP contribution in [0.3, 0.4) is 0 Å². The van der Waals surface area contributed by atoms with Crippen LogP contribution in [-0.2, 0) is 9.59 Å². The number of nitrogens with zero attached hydrogens (tertiary/aromatic N) is 3. The highest BCUT2D eigenvalue weighted by Crippen LogP contribution is 2.44. The molecular weight excluding hydrogens is 448 g/mol. The Kier molecular flexibility index (Phi) is 6.77. The van der Waals surface area contributed by atoms with E-state index < -0.39 is 17.7 Å². The lowest BCUT2D eigenvalue weighted by molar-refractivity contribution is -0.118. The highest BCUT2D eigenvalue weighted by molar-refractivity contribution is 6.16. The number of aliphatic hydroxyl groups excluding tert-OH is 1. The Labute approximate surface area is 202 Å². The zero-order valence-electron chi connectivity index (χ0n) is 19.7. The van der Waals surface area contributed by atoms with Gasteiger partial charge < -0.3 is 19.8 Å². The zero-order valence-corrected chi connectivity index (χ0v) is 19.7. The minimum absolute atomic E-state index is 0.0292.